The van der Waals surface area contributed by atoms with E-state index in [-0.39, 0.29) is 21.4 Å². The van der Waals surface area contributed by atoms with Gasteiger partial charge >= 0.3 is 0 Å². The Kier molecular flexibility index (Phi) is 9.74. The number of halogens is 2. The smallest absolute Gasteiger partial charge is 0.258 e. The zero-order valence-corrected chi connectivity index (χ0v) is 20.4. The molecule has 0 saturated carbocycles. The summed E-state index contributed by atoms with van der Waals surface area (Å²) in [5.74, 6) is 0.0955. The first-order valence-corrected chi connectivity index (χ1v) is 10.7. The Morgan fingerprint density at radius 3 is 2.15 bits per heavy atom. The molecule has 0 aliphatic carbocycles. The second kappa shape index (κ2) is 12.3. The van der Waals surface area contributed by atoms with E-state index in [4.69, 9.17) is 42.1 Å². The zero-order chi connectivity index (χ0) is 24.5. The minimum Gasteiger partial charge on any atom is -0.495 e. The third-order valence-electron chi connectivity index (χ3n) is 4.28. The number of carbonyl (C=O) groups excluding carboxylic acids is 2. The van der Waals surface area contributed by atoms with Gasteiger partial charge in [0.05, 0.1) is 38.1 Å². The van der Waals surface area contributed by atoms with Crippen LogP contribution >= 0.6 is 23.2 Å². The summed E-state index contributed by atoms with van der Waals surface area (Å²) in [4.78, 5) is 25.1. The molecule has 1 N–H and O–H groups in total. The second-order valence-electron chi connectivity index (χ2n) is 6.50. The lowest BCUT2D eigenvalue weighted by Crippen LogP contribution is -2.32. The van der Waals surface area contributed by atoms with Gasteiger partial charge in [-0.25, -0.2) is 0 Å². The second-order valence-corrected chi connectivity index (χ2v) is 7.28. The molecule has 0 saturated heterocycles. The highest BCUT2D eigenvalue weighted by molar-refractivity contribution is 6.34. The van der Waals surface area contributed by atoms with Crippen LogP contribution in [-0.4, -0.2) is 45.2 Å². The van der Waals surface area contributed by atoms with Crippen molar-refractivity contribution in [2.24, 2.45) is 10.2 Å². The van der Waals surface area contributed by atoms with Crippen molar-refractivity contribution < 1.29 is 28.5 Å². The SMILES string of the molecule is CCOc1cc(OCC)c(NC(=O)C(N=Nc2c(OC)ccc(OC)c2Cl)C(C)=O)cc1Cl. The number of hydrogen-bond acceptors (Lipinski definition) is 8. The molecule has 33 heavy (non-hydrogen) atoms. The molecule has 2 aromatic rings. The van der Waals surface area contributed by atoms with Gasteiger partial charge in [-0.05, 0) is 39.0 Å². The number of nitrogens with zero attached hydrogens (tertiary/aromatic N) is 2. The van der Waals surface area contributed by atoms with Gasteiger partial charge in [0.25, 0.3) is 5.91 Å². The number of benzene rings is 2. The van der Waals surface area contributed by atoms with Crippen molar-refractivity contribution >= 4 is 46.3 Å². The third kappa shape index (κ3) is 6.49. The molecule has 0 radical (unpaired) electrons. The minimum absolute atomic E-state index is 0.122. The van der Waals surface area contributed by atoms with Gasteiger partial charge in [-0.2, -0.15) is 5.11 Å². The Morgan fingerprint density at radius 1 is 0.970 bits per heavy atom. The number of carbonyl (C=O) groups is 2. The number of nitrogens with one attached hydrogen (secondary N) is 1. The highest BCUT2D eigenvalue weighted by Crippen LogP contribution is 2.42. The molecule has 0 aliphatic heterocycles. The van der Waals surface area contributed by atoms with E-state index in [1.165, 1.54) is 27.2 Å². The van der Waals surface area contributed by atoms with E-state index in [9.17, 15) is 9.59 Å². The van der Waals surface area contributed by atoms with Gasteiger partial charge in [0.1, 0.15) is 33.7 Å². The number of azo groups is 1. The van der Waals surface area contributed by atoms with Crippen LogP contribution in [0.5, 0.6) is 23.0 Å². The van der Waals surface area contributed by atoms with Crippen LogP contribution in [0.25, 0.3) is 0 Å². The number of methoxy groups -OCH3 is 2. The Morgan fingerprint density at radius 2 is 1.58 bits per heavy atom. The van der Waals surface area contributed by atoms with Gasteiger partial charge in [0.2, 0.25) is 6.04 Å². The van der Waals surface area contributed by atoms with Crippen LogP contribution in [0.2, 0.25) is 10.0 Å². The van der Waals surface area contributed by atoms with Crippen molar-refractivity contribution in [2.45, 2.75) is 26.8 Å². The highest BCUT2D eigenvalue weighted by Gasteiger charge is 2.25. The fourth-order valence-electron chi connectivity index (χ4n) is 2.75. The van der Waals surface area contributed by atoms with E-state index >= 15 is 0 Å². The van der Waals surface area contributed by atoms with Crippen LogP contribution in [0.15, 0.2) is 34.5 Å². The van der Waals surface area contributed by atoms with Gasteiger partial charge in [0.15, 0.2) is 5.78 Å². The summed E-state index contributed by atoms with van der Waals surface area (Å²) in [5.41, 5.74) is 0.380. The molecular weight excluding hydrogens is 473 g/mol. The zero-order valence-electron chi connectivity index (χ0n) is 18.9. The first kappa shape index (κ1) is 26.2. The lowest BCUT2D eigenvalue weighted by atomic mass is 10.2. The van der Waals surface area contributed by atoms with E-state index < -0.39 is 17.7 Å². The number of amides is 1. The normalized spacial score (nSPS) is 11.7. The van der Waals surface area contributed by atoms with Crippen molar-refractivity contribution in [1.29, 1.82) is 0 Å². The molecule has 2 aromatic carbocycles. The van der Waals surface area contributed by atoms with Crippen LogP contribution < -0.4 is 24.3 Å². The number of Topliss-reactive ketones (excluding diaryl/α,β-unsaturated/α-hetero) is 1. The summed E-state index contributed by atoms with van der Waals surface area (Å²) in [7, 11) is 2.87. The third-order valence-corrected chi connectivity index (χ3v) is 4.94. The molecule has 1 atom stereocenters. The number of ketones is 1. The predicted molar refractivity (Wildman–Crippen MR) is 126 cm³/mol. The Hall–Kier alpha value is -3.04. The summed E-state index contributed by atoms with van der Waals surface area (Å²) < 4.78 is 21.4. The van der Waals surface area contributed by atoms with Gasteiger partial charge in [-0.15, -0.1) is 5.11 Å². The molecule has 11 heteroatoms. The number of rotatable bonds is 11. The molecule has 178 valence electrons. The van der Waals surface area contributed by atoms with Gasteiger partial charge < -0.3 is 24.3 Å². The van der Waals surface area contributed by atoms with E-state index in [1.807, 2.05) is 6.92 Å². The highest BCUT2D eigenvalue weighted by atomic mass is 35.5. The summed E-state index contributed by atoms with van der Waals surface area (Å²) in [6, 6.07) is 4.76. The number of hydrogen-bond donors (Lipinski definition) is 1. The molecule has 0 aliphatic rings. The van der Waals surface area contributed by atoms with Crippen molar-refractivity contribution in [3.63, 3.8) is 0 Å². The Labute approximate surface area is 202 Å². The summed E-state index contributed by atoms with van der Waals surface area (Å²) in [5, 5.41) is 11.0. The molecule has 1 amide bonds. The number of anilines is 1. The van der Waals surface area contributed by atoms with E-state index in [0.717, 1.165) is 0 Å². The van der Waals surface area contributed by atoms with Crippen molar-refractivity contribution in [1.82, 2.24) is 0 Å². The number of ether oxygens (including phenoxy) is 4. The fourth-order valence-corrected chi connectivity index (χ4v) is 3.24. The predicted octanol–water partition coefficient (Wildman–Crippen LogP) is 5.49. The molecule has 1 unspecified atom stereocenters. The van der Waals surface area contributed by atoms with Crippen molar-refractivity contribution in [2.75, 3.05) is 32.8 Å². The van der Waals surface area contributed by atoms with Crippen LogP contribution in [-0.2, 0) is 9.59 Å². The summed E-state index contributed by atoms with van der Waals surface area (Å²) >= 11 is 12.5. The monoisotopic (exact) mass is 497 g/mol. The van der Waals surface area contributed by atoms with E-state index in [0.29, 0.717) is 36.2 Å². The lowest BCUT2D eigenvalue weighted by molar-refractivity contribution is -0.126. The summed E-state index contributed by atoms with van der Waals surface area (Å²) in [6.45, 7) is 5.57. The minimum atomic E-state index is -1.46. The Bertz CT molecular complexity index is 1050. The maximum atomic E-state index is 12.9. The van der Waals surface area contributed by atoms with Gasteiger partial charge in [-0.1, -0.05) is 23.2 Å². The lowest BCUT2D eigenvalue weighted by Gasteiger charge is -2.16. The first-order valence-electron chi connectivity index (χ1n) is 9.99. The first-order chi connectivity index (χ1) is 15.8. The molecule has 0 bridgehead atoms. The maximum Gasteiger partial charge on any atom is 0.258 e. The quantitative estimate of drug-likeness (QED) is 0.324. The molecule has 9 nitrogen and oxygen atoms in total. The molecule has 0 aromatic heterocycles. The molecular formula is C22H25Cl2N3O6. The van der Waals surface area contributed by atoms with E-state index in [2.05, 4.69) is 15.5 Å². The maximum absolute atomic E-state index is 12.9. The van der Waals surface area contributed by atoms with Gasteiger partial charge in [-0.3, -0.25) is 9.59 Å². The van der Waals surface area contributed by atoms with Crippen LogP contribution in [0.3, 0.4) is 0 Å². The average molecular weight is 498 g/mol. The standard InChI is InChI=1S/C22H25Cl2N3O6/c1-6-32-17-11-18(33-7-2)14(10-13(17)23)25-22(29)20(12(3)28)26-27-21-16(31-5)9-8-15(30-4)19(21)24/h8-11,20H,6-7H2,1-5H3,(H,25,29). The molecule has 0 spiro atoms. The average Bonchev–Trinajstić information content (AvgIpc) is 2.77. The van der Waals surface area contributed by atoms with E-state index in [1.54, 1.807) is 25.1 Å². The summed E-state index contributed by atoms with van der Waals surface area (Å²) in [6.07, 6.45) is 0. The van der Waals surface area contributed by atoms with Crippen molar-refractivity contribution in [3.8, 4) is 23.0 Å². The molecule has 0 heterocycles. The van der Waals surface area contributed by atoms with Gasteiger partial charge in [0, 0.05) is 6.07 Å². The fraction of sp³-hybridized carbons (Fsp3) is 0.364. The van der Waals surface area contributed by atoms with Crippen LogP contribution in [0, 0.1) is 0 Å². The van der Waals surface area contributed by atoms with Crippen LogP contribution in [0.4, 0.5) is 11.4 Å². The molecule has 0 fully saturated rings. The van der Waals surface area contributed by atoms with Crippen molar-refractivity contribution in [3.05, 3.63) is 34.3 Å². The Balaban J connectivity index is 2.38. The van der Waals surface area contributed by atoms with Crippen LogP contribution in [0.1, 0.15) is 20.8 Å². The topological polar surface area (TPSA) is 108 Å². The largest absolute Gasteiger partial charge is 0.495 e. The molecule has 2 rings (SSSR count).